The molecule has 0 spiro atoms. The molecule has 0 aromatic heterocycles. The lowest BCUT2D eigenvalue weighted by molar-refractivity contribution is -0.143. The van der Waals surface area contributed by atoms with Crippen LogP contribution in [0.1, 0.15) is 11.6 Å². The molecule has 1 aromatic rings. The van der Waals surface area contributed by atoms with Crippen molar-refractivity contribution in [3.63, 3.8) is 0 Å². The Morgan fingerprint density at radius 2 is 1.78 bits per heavy atom. The second-order valence-electron chi connectivity index (χ2n) is 4.23. The Kier molecular flexibility index (Phi) is 3.88. The van der Waals surface area contributed by atoms with Gasteiger partial charge in [0.2, 0.25) is 0 Å². The molecular formula is C12H14F2N2O2. The Balaban J connectivity index is 2.31. The Morgan fingerprint density at radius 1 is 1.22 bits per heavy atom. The van der Waals surface area contributed by atoms with Gasteiger partial charge in [0.15, 0.2) is 0 Å². The molecule has 0 aliphatic carbocycles. The molecule has 18 heavy (non-hydrogen) atoms. The molecule has 4 nitrogen and oxygen atoms in total. The second-order valence-corrected chi connectivity index (χ2v) is 4.23. The van der Waals surface area contributed by atoms with Gasteiger partial charge in [-0.25, -0.2) is 8.78 Å². The quantitative estimate of drug-likeness (QED) is 0.847. The van der Waals surface area contributed by atoms with Crippen molar-refractivity contribution < 1.29 is 18.7 Å². The molecule has 1 aromatic carbocycles. The standard InChI is InChI=1S/C12H14F2N2O2/c13-9-5-8(6-10(14)7-9)11(12(17)18)16-3-1-15-2-4-16/h5-7,11,15H,1-4H2,(H,17,18). The topological polar surface area (TPSA) is 52.6 Å². The minimum absolute atomic E-state index is 0.141. The van der Waals surface area contributed by atoms with E-state index in [-0.39, 0.29) is 5.56 Å². The second kappa shape index (κ2) is 5.41. The number of carboxylic acid groups (broad SMARTS) is 1. The van der Waals surface area contributed by atoms with Crippen LogP contribution in [0.25, 0.3) is 0 Å². The fourth-order valence-electron chi connectivity index (χ4n) is 2.18. The highest BCUT2D eigenvalue weighted by atomic mass is 19.1. The summed E-state index contributed by atoms with van der Waals surface area (Å²) in [6, 6.07) is 1.88. The summed E-state index contributed by atoms with van der Waals surface area (Å²) in [6.07, 6.45) is 0. The van der Waals surface area contributed by atoms with Crippen molar-refractivity contribution in [3.8, 4) is 0 Å². The van der Waals surface area contributed by atoms with Crippen molar-refractivity contribution in [1.82, 2.24) is 10.2 Å². The van der Waals surface area contributed by atoms with Crippen LogP contribution in [0.5, 0.6) is 0 Å². The first kappa shape index (κ1) is 12.9. The molecule has 1 aliphatic rings. The summed E-state index contributed by atoms with van der Waals surface area (Å²) in [5, 5.41) is 12.4. The summed E-state index contributed by atoms with van der Waals surface area (Å²) in [7, 11) is 0. The molecule has 6 heteroatoms. The highest BCUT2D eigenvalue weighted by Gasteiger charge is 2.29. The zero-order chi connectivity index (χ0) is 13.1. The van der Waals surface area contributed by atoms with Gasteiger partial charge in [0.05, 0.1) is 0 Å². The zero-order valence-corrected chi connectivity index (χ0v) is 9.70. The number of halogens is 2. The third-order valence-corrected chi connectivity index (χ3v) is 2.95. The van der Waals surface area contributed by atoms with Crippen LogP contribution in [0.2, 0.25) is 0 Å². The van der Waals surface area contributed by atoms with Crippen LogP contribution in [0, 0.1) is 11.6 Å². The lowest BCUT2D eigenvalue weighted by Crippen LogP contribution is -2.47. The average Bonchev–Trinajstić information content (AvgIpc) is 2.28. The van der Waals surface area contributed by atoms with Gasteiger partial charge in [0.25, 0.3) is 0 Å². The van der Waals surface area contributed by atoms with Crippen LogP contribution >= 0.6 is 0 Å². The number of hydrogen-bond donors (Lipinski definition) is 2. The van der Waals surface area contributed by atoms with E-state index in [0.717, 1.165) is 18.2 Å². The molecule has 1 aliphatic heterocycles. The Bertz CT molecular complexity index is 427. The smallest absolute Gasteiger partial charge is 0.325 e. The summed E-state index contributed by atoms with van der Waals surface area (Å²) in [6.45, 7) is 2.41. The van der Waals surface area contributed by atoms with Crippen LogP contribution in [0.3, 0.4) is 0 Å². The molecule has 1 atom stereocenters. The summed E-state index contributed by atoms with van der Waals surface area (Å²) in [4.78, 5) is 13.0. The first-order chi connectivity index (χ1) is 8.58. The van der Waals surface area contributed by atoms with E-state index >= 15 is 0 Å². The lowest BCUT2D eigenvalue weighted by atomic mass is 10.0. The molecule has 1 fully saturated rings. The molecule has 0 radical (unpaired) electrons. The average molecular weight is 256 g/mol. The van der Waals surface area contributed by atoms with Gasteiger partial charge in [-0.15, -0.1) is 0 Å². The highest BCUT2D eigenvalue weighted by molar-refractivity contribution is 5.75. The van der Waals surface area contributed by atoms with Gasteiger partial charge in [-0.3, -0.25) is 9.69 Å². The number of nitrogens with one attached hydrogen (secondary N) is 1. The van der Waals surface area contributed by atoms with Crippen molar-refractivity contribution >= 4 is 5.97 Å². The van der Waals surface area contributed by atoms with Gasteiger partial charge in [-0.1, -0.05) is 0 Å². The number of carbonyl (C=O) groups is 1. The van der Waals surface area contributed by atoms with E-state index in [2.05, 4.69) is 5.32 Å². The van der Waals surface area contributed by atoms with Crippen LogP contribution < -0.4 is 5.32 Å². The van der Waals surface area contributed by atoms with Crippen LogP contribution in [-0.2, 0) is 4.79 Å². The maximum absolute atomic E-state index is 13.2. The predicted octanol–water partition coefficient (Wildman–Crippen LogP) is 0.996. The Hall–Kier alpha value is -1.53. The third kappa shape index (κ3) is 2.83. The van der Waals surface area contributed by atoms with Crippen LogP contribution in [0.15, 0.2) is 18.2 Å². The minimum Gasteiger partial charge on any atom is -0.480 e. The van der Waals surface area contributed by atoms with Gasteiger partial charge in [0, 0.05) is 32.2 Å². The summed E-state index contributed by atoms with van der Waals surface area (Å²) in [5.74, 6) is -2.61. The molecule has 2 N–H and O–H groups in total. The van der Waals surface area contributed by atoms with Crippen LogP contribution in [-0.4, -0.2) is 42.2 Å². The largest absolute Gasteiger partial charge is 0.480 e. The highest BCUT2D eigenvalue weighted by Crippen LogP contribution is 2.23. The molecule has 2 rings (SSSR count). The fourth-order valence-corrected chi connectivity index (χ4v) is 2.18. The molecule has 1 unspecified atom stereocenters. The van der Waals surface area contributed by atoms with Crippen molar-refractivity contribution in [1.29, 1.82) is 0 Å². The monoisotopic (exact) mass is 256 g/mol. The summed E-state index contributed by atoms with van der Waals surface area (Å²) < 4.78 is 26.3. The number of benzene rings is 1. The Labute approximate surface area is 103 Å². The number of aliphatic carboxylic acids is 1. The van der Waals surface area contributed by atoms with Gasteiger partial charge >= 0.3 is 5.97 Å². The van der Waals surface area contributed by atoms with E-state index in [1.54, 1.807) is 4.90 Å². The van der Waals surface area contributed by atoms with E-state index in [1.807, 2.05) is 0 Å². The summed E-state index contributed by atoms with van der Waals surface area (Å²) in [5.41, 5.74) is 0.141. The normalized spacial score (nSPS) is 18.6. The molecule has 0 bridgehead atoms. The molecule has 1 heterocycles. The molecular weight excluding hydrogens is 242 g/mol. The number of rotatable bonds is 3. The van der Waals surface area contributed by atoms with E-state index in [9.17, 15) is 18.7 Å². The SMILES string of the molecule is O=C(O)C(c1cc(F)cc(F)c1)N1CCNCC1. The third-order valence-electron chi connectivity index (χ3n) is 2.95. The zero-order valence-electron chi connectivity index (χ0n) is 9.70. The lowest BCUT2D eigenvalue weighted by Gasteiger charge is -2.32. The van der Waals surface area contributed by atoms with Gasteiger partial charge < -0.3 is 10.4 Å². The van der Waals surface area contributed by atoms with Crippen molar-refractivity contribution in [2.24, 2.45) is 0 Å². The van der Waals surface area contributed by atoms with Gasteiger partial charge in [-0.05, 0) is 17.7 Å². The van der Waals surface area contributed by atoms with E-state index in [1.165, 1.54) is 0 Å². The maximum atomic E-state index is 13.2. The first-order valence-electron chi connectivity index (χ1n) is 5.71. The van der Waals surface area contributed by atoms with Gasteiger partial charge in [0.1, 0.15) is 17.7 Å². The molecule has 0 saturated carbocycles. The predicted molar refractivity (Wildman–Crippen MR) is 61.2 cm³/mol. The molecule has 1 saturated heterocycles. The van der Waals surface area contributed by atoms with E-state index in [0.29, 0.717) is 26.2 Å². The van der Waals surface area contributed by atoms with Crippen molar-refractivity contribution in [2.75, 3.05) is 26.2 Å². The fraction of sp³-hybridized carbons (Fsp3) is 0.417. The maximum Gasteiger partial charge on any atom is 0.325 e. The van der Waals surface area contributed by atoms with Gasteiger partial charge in [-0.2, -0.15) is 0 Å². The minimum atomic E-state index is -1.10. The molecule has 98 valence electrons. The van der Waals surface area contributed by atoms with E-state index in [4.69, 9.17) is 0 Å². The van der Waals surface area contributed by atoms with Crippen molar-refractivity contribution in [3.05, 3.63) is 35.4 Å². The van der Waals surface area contributed by atoms with E-state index < -0.39 is 23.6 Å². The number of hydrogen-bond acceptors (Lipinski definition) is 3. The number of nitrogens with zero attached hydrogens (tertiary/aromatic N) is 1. The van der Waals surface area contributed by atoms with Crippen molar-refractivity contribution in [2.45, 2.75) is 6.04 Å². The number of carboxylic acids is 1. The first-order valence-corrected chi connectivity index (χ1v) is 5.71. The summed E-state index contributed by atoms with van der Waals surface area (Å²) >= 11 is 0. The Morgan fingerprint density at radius 3 is 2.28 bits per heavy atom. The van der Waals surface area contributed by atoms with Crippen LogP contribution in [0.4, 0.5) is 8.78 Å². The number of piperazine rings is 1. The molecule has 0 amide bonds.